The minimum absolute atomic E-state index is 0.0136. The Morgan fingerprint density at radius 3 is 2.72 bits per heavy atom. The van der Waals surface area contributed by atoms with Gasteiger partial charge in [-0.3, -0.25) is 0 Å². The van der Waals surface area contributed by atoms with Gasteiger partial charge >= 0.3 is 0 Å². The van der Waals surface area contributed by atoms with Gasteiger partial charge in [0.15, 0.2) is 0 Å². The summed E-state index contributed by atoms with van der Waals surface area (Å²) in [4.78, 5) is 0.240. The Bertz CT molecular complexity index is 529. The van der Waals surface area contributed by atoms with Gasteiger partial charge in [0, 0.05) is 19.1 Å². The number of sulfonamides is 1. The molecule has 18 heavy (non-hydrogen) atoms. The molecule has 0 aliphatic carbocycles. The summed E-state index contributed by atoms with van der Waals surface area (Å²) in [6, 6.07) is 4.74. The number of halogens is 1. The number of benzene rings is 1. The van der Waals surface area contributed by atoms with E-state index in [1.807, 2.05) is 6.92 Å². The fourth-order valence-electron chi connectivity index (χ4n) is 1.58. The van der Waals surface area contributed by atoms with Gasteiger partial charge in [-0.25, -0.2) is 13.1 Å². The molecule has 7 heteroatoms. The van der Waals surface area contributed by atoms with Crippen molar-refractivity contribution in [3.8, 4) is 5.75 Å². The SMILES string of the molecule is CCOc1ccc(S(=O)(=O)NC2CNC2)cc1Br. The molecule has 2 rings (SSSR count). The second-order valence-electron chi connectivity index (χ2n) is 4.00. The number of nitrogens with one attached hydrogen (secondary N) is 2. The van der Waals surface area contributed by atoms with Gasteiger partial charge in [-0.2, -0.15) is 0 Å². The largest absolute Gasteiger partial charge is 0.493 e. The van der Waals surface area contributed by atoms with Gasteiger partial charge in [-0.1, -0.05) is 0 Å². The fraction of sp³-hybridized carbons (Fsp3) is 0.455. The molecule has 1 aromatic rings. The van der Waals surface area contributed by atoms with Crippen LogP contribution in [0.1, 0.15) is 6.92 Å². The number of hydrogen-bond donors (Lipinski definition) is 2. The minimum atomic E-state index is -3.45. The van der Waals surface area contributed by atoms with Crippen LogP contribution >= 0.6 is 15.9 Å². The second-order valence-corrected chi connectivity index (χ2v) is 6.57. The Labute approximate surface area is 115 Å². The Balaban J connectivity index is 2.19. The molecule has 0 aromatic heterocycles. The third kappa shape index (κ3) is 3.03. The average molecular weight is 335 g/mol. The lowest BCUT2D eigenvalue weighted by Crippen LogP contribution is -2.56. The Morgan fingerprint density at radius 2 is 2.22 bits per heavy atom. The van der Waals surface area contributed by atoms with Crippen molar-refractivity contribution in [2.75, 3.05) is 19.7 Å². The molecular weight excluding hydrogens is 320 g/mol. The van der Waals surface area contributed by atoms with Crippen molar-refractivity contribution in [2.24, 2.45) is 0 Å². The van der Waals surface area contributed by atoms with Gasteiger partial charge in [-0.15, -0.1) is 0 Å². The van der Waals surface area contributed by atoms with Crippen LogP contribution in [0.5, 0.6) is 5.75 Å². The Kier molecular flexibility index (Phi) is 4.26. The number of rotatable bonds is 5. The summed E-state index contributed by atoms with van der Waals surface area (Å²) in [7, 11) is -3.45. The molecule has 0 spiro atoms. The molecule has 0 radical (unpaired) electrons. The summed E-state index contributed by atoms with van der Waals surface area (Å²) < 4.78 is 32.7. The predicted octanol–water partition coefficient (Wildman–Crippen LogP) is 1.10. The van der Waals surface area contributed by atoms with Crippen molar-refractivity contribution >= 4 is 26.0 Å². The minimum Gasteiger partial charge on any atom is -0.493 e. The smallest absolute Gasteiger partial charge is 0.240 e. The zero-order valence-corrected chi connectivity index (χ0v) is 12.3. The zero-order chi connectivity index (χ0) is 13.2. The summed E-state index contributed by atoms with van der Waals surface area (Å²) in [5.74, 6) is 0.641. The molecule has 1 saturated heterocycles. The van der Waals surface area contributed by atoms with Gasteiger partial charge in [0.25, 0.3) is 0 Å². The highest BCUT2D eigenvalue weighted by molar-refractivity contribution is 9.10. The van der Waals surface area contributed by atoms with Crippen LogP contribution in [-0.2, 0) is 10.0 Å². The van der Waals surface area contributed by atoms with E-state index in [1.54, 1.807) is 18.2 Å². The highest BCUT2D eigenvalue weighted by Gasteiger charge is 2.24. The first-order chi connectivity index (χ1) is 8.53. The molecule has 1 aliphatic heterocycles. The van der Waals surface area contributed by atoms with E-state index < -0.39 is 10.0 Å². The van der Waals surface area contributed by atoms with Crippen molar-refractivity contribution in [3.05, 3.63) is 22.7 Å². The lowest BCUT2D eigenvalue weighted by atomic mass is 10.2. The maximum absolute atomic E-state index is 12.1. The topological polar surface area (TPSA) is 67.4 Å². The highest BCUT2D eigenvalue weighted by Crippen LogP contribution is 2.27. The van der Waals surface area contributed by atoms with Crippen LogP contribution in [0, 0.1) is 0 Å². The van der Waals surface area contributed by atoms with E-state index in [4.69, 9.17) is 4.74 Å². The number of ether oxygens (including phenoxy) is 1. The van der Waals surface area contributed by atoms with E-state index in [2.05, 4.69) is 26.0 Å². The molecule has 1 fully saturated rings. The first kappa shape index (κ1) is 13.8. The third-order valence-corrected chi connectivity index (χ3v) is 4.75. The van der Waals surface area contributed by atoms with Crippen LogP contribution in [0.2, 0.25) is 0 Å². The molecule has 0 bridgehead atoms. The van der Waals surface area contributed by atoms with E-state index in [1.165, 1.54) is 0 Å². The zero-order valence-electron chi connectivity index (χ0n) is 9.94. The van der Waals surface area contributed by atoms with Crippen LogP contribution in [0.3, 0.4) is 0 Å². The first-order valence-electron chi connectivity index (χ1n) is 5.68. The van der Waals surface area contributed by atoms with Crippen LogP contribution in [0.25, 0.3) is 0 Å². The van der Waals surface area contributed by atoms with Crippen molar-refractivity contribution in [2.45, 2.75) is 17.9 Å². The molecule has 2 N–H and O–H groups in total. The van der Waals surface area contributed by atoms with Crippen molar-refractivity contribution in [3.63, 3.8) is 0 Å². The fourth-order valence-corrected chi connectivity index (χ4v) is 3.49. The maximum atomic E-state index is 12.1. The summed E-state index contributed by atoms with van der Waals surface area (Å²) in [5, 5.41) is 3.02. The standard InChI is InChI=1S/C11H15BrN2O3S/c1-2-17-11-4-3-9(5-10(11)12)18(15,16)14-8-6-13-7-8/h3-5,8,13-14H,2,6-7H2,1H3. The van der Waals surface area contributed by atoms with Crippen molar-refractivity contribution in [1.82, 2.24) is 10.0 Å². The normalized spacial score (nSPS) is 16.3. The molecule has 0 saturated carbocycles. The van der Waals surface area contributed by atoms with E-state index in [9.17, 15) is 8.42 Å². The molecule has 5 nitrogen and oxygen atoms in total. The third-order valence-electron chi connectivity index (χ3n) is 2.62. The lowest BCUT2D eigenvalue weighted by Gasteiger charge is -2.27. The van der Waals surface area contributed by atoms with Crippen LogP contribution in [0.15, 0.2) is 27.6 Å². The summed E-state index contributed by atoms with van der Waals surface area (Å²) >= 11 is 3.31. The molecule has 1 aliphatic rings. The Morgan fingerprint density at radius 1 is 1.50 bits per heavy atom. The molecular formula is C11H15BrN2O3S. The first-order valence-corrected chi connectivity index (χ1v) is 7.96. The van der Waals surface area contributed by atoms with Crippen LogP contribution in [0.4, 0.5) is 0 Å². The van der Waals surface area contributed by atoms with E-state index in [0.717, 1.165) is 0 Å². The molecule has 0 amide bonds. The molecule has 1 heterocycles. The summed E-state index contributed by atoms with van der Waals surface area (Å²) in [5.41, 5.74) is 0. The van der Waals surface area contributed by atoms with E-state index in [0.29, 0.717) is 29.9 Å². The van der Waals surface area contributed by atoms with Crippen molar-refractivity contribution < 1.29 is 13.2 Å². The van der Waals surface area contributed by atoms with Gasteiger partial charge in [0.2, 0.25) is 10.0 Å². The van der Waals surface area contributed by atoms with Gasteiger partial charge < -0.3 is 10.1 Å². The maximum Gasteiger partial charge on any atom is 0.240 e. The van der Waals surface area contributed by atoms with Crippen LogP contribution in [-0.4, -0.2) is 34.2 Å². The predicted molar refractivity (Wildman–Crippen MR) is 72.3 cm³/mol. The Hall–Kier alpha value is -0.630. The quantitative estimate of drug-likeness (QED) is 0.846. The monoisotopic (exact) mass is 334 g/mol. The average Bonchev–Trinajstić information content (AvgIpc) is 2.27. The lowest BCUT2D eigenvalue weighted by molar-refractivity contribution is 0.338. The van der Waals surface area contributed by atoms with Gasteiger partial charge in [0.05, 0.1) is 16.0 Å². The number of hydrogen-bond acceptors (Lipinski definition) is 4. The van der Waals surface area contributed by atoms with E-state index >= 15 is 0 Å². The molecule has 100 valence electrons. The van der Waals surface area contributed by atoms with Gasteiger partial charge in [0.1, 0.15) is 5.75 Å². The summed E-state index contributed by atoms with van der Waals surface area (Å²) in [6.45, 7) is 3.77. The second kappa shape index (κ2) is 5.56. The highest BCUT2D eigenvalue weighted by atomic mass is 79.9. The molecule has 0 unspecified atom stereocenters. The van der Waals surface area contributed by atoms with Crippen LogP contribution < -0.4 is 14.8 Å². The summed E-state index contributed by atoms with van der Waals surface area (Å²) in [6.07, 6.45) is 0. The van der Waals surface area contributed by atoms with Crippen molar-refractivity contribution in [1.29, 1.82) is 0 Å². The van der Waals surface area contributed by atoms with E-state index in [-0.39, 0.29) is 10.9 Å². The van der Waals surface area contributed by atoms with Gasteiger partial charge in [-0.05, 0) is 41.1 Å². The molecule has 1 aromatic carbocycles. The molecule has 0 atom stereocenters.